The van der Waals surface area contributed by atoms with Crippen molar-refractivity contribution in [1.82, 2.24) is 0 Å². The summed E-state index contributed by atoms with van der Waals surface area (Å²) in [4.78, 5) is 0. The van der Waals surface area contributed by atoms with Gasteiger partial charge in [0.05, 0.1) is 12.7 Å². The van der Waals surface area contributed by atoms with Gasteiger partial charge in [-0.25, -0.2) is 4.39 Å². The molecule has 0 unspecified atom stereocenters. The Bertz CT molecular complexity index is 448. The van der Waals surface area contributed by atoms with E-state index in [4.69, 9.17) is 9.47 Å². The predicted molar refractivity (Wildman–Crippen MR) is 72.2 cm³/mol. The van der Waals surface area contributed by atoms with Gasteiger partial charge in [0.25, 0.3) is 0 Å². The number of halogens is 1. The van der Waals surface area contributed by atoms with Crippen LogP contribution in [0.4, 0.5) is 4.39 Å². The highest BCUT2D eigenvalue weighted by Gasteiger charge is 2.23. The normalized spacial score (nSPS) is 19.7. The molecule has 3 rings (SSSR count). The Morgan fingerprint density at radius 1 is 1.11 bits per heavy atom. The molecule has 104 valence electrons. The quantitative estimate of drug-likeness (QED) is 0.791. The zero-order valence-electron chi connectivity index (χ0n) is 11.5. The molecule has 2 nitrogen and oxygen atoms in total. The van der Waals surface area contributed by atoms with Gasteiger partial charge in [-0.15, -0.1) is 0 Å². The van der Waals surface area contributed by atoms with Gasteiger partial charge < -0.3 is 9.47 Å². The molecule has 0 N–H and O–H groups in total. The summed E-state index contributed by atoms with van der Waals surface area (Å²) >= 11 is 0. The number of ether oxygens (including phenoxy) is 2. The Morgan fingerprint density at radius 2 is 1.79 bits per heavy atom. The van der Waals surface area contributed by atoms with Crippen LogP contribution in [0.3, 0.4) is 0 Å². The Balaban J connectivity index is 1.68. The Labute approximate surface area is 113 Å². The molecule has 2 fully saturated rings. The Hall–Kier alpha value is -1.25. The largest absolute Gasteiger partial charge is 0.493 e. The van der Waals surface area contributed by atoms with E-state index in [1.165, 1.54) is 25.7 Å². The Kier molecular flexibility index (Phi) is 3.63. The SMILES string of the molecule is Cc1c(OCC2CC2)ccc(OC2CCCC2)c1F. The molecule has 2 saturated carbocycles. The highest BCUT2D eigenvalue weighted by Crippen LogP contribution is 2.34. The van der Waals surface area contributed by atoms with E-state index < -0.39 is 0 Å². The average Bonchev–Trinajstić information content (AvgIpc) is 3.10. The molecule has 1 aromatic carbocycles. The minimum atomic E-state index is -0.264. The molecule has 0 atom stereocenters. The van der Waals surface area contributed by atoms with E-state index in [1.807, 2.05) is 6.07 Å². The first-order valence-corrected chi connectivity index (χ1v) is 7.32. The molecular weight excluding hydrogens is 243 g/mol. The summed E-state index contributed by atoms with van der Waals surface area (Å²) in [7, 11) is 0. The van der Waals surface area contributed by atoms with Crippen molar-refractivity contribution < 1.29 is 13.9 Å². The van der Waals surface area contributed by atoms with E-state index in [2.05, 4.69) is 0 Å². The zero-order chi connectivity index (χ0) is 13.2. The van der Waals surface area contributed by atoms with Crippen molar-refractivity contribution in [2.75, 3.05) is 6.61 Å². The van der Waals surface area contributed by atoms with Crippen molar-refractivity contribution in [3.63, 3.8) is 0 Å². The molecule has 0 bridgehead atoms. The predicted octanol–water partition coefficient (Wildman–Crippen LogP) is 4.24. The van der Waals surface area contributed by atoms with Crippen LogP contribution in [-0.4, -0.2) is 12.7 Å². The van der Waals surface area contributed by atoms with Gasteiger partial charge >= 0.3 is 0 Å². The molecule has 1 aromatic rings. The van der Waals surface area contributed by atoms with E-state index in [-0.39, 0.29) is 11.9 Å². The van der Waals surface area contributed by atoms with Crippen molar-refractivity contribution in [2.24, 2.45) is 5.92 Å². The van der Waals surface area contributed by atoms with Crippen molar-refractivity contribution in [1.29, 1.82) is 0 Å². The summed E-state index contributed by atoms with van der Waals surface area (Å²) in [5.74, 6) is 1.45. The minimum absolute atomic E-state index is 0.187. The Morgan fingerprint density at radius 3 is 2.47 bits per heavy atom. The number of hydrogen-bond donors (Lipinski definition) is 0. The summed E-state index contributed by atoms with van der Waals surface area (Å²) in [5, 5.41) is 0. The summed E-state index contributed by atoms with van der Waals surface area (Å²) in [6.45, 7) is 2.47. The molecule has 2 aliphatic rings. The first-order valence-electron chi connectivity index (χ1n) is 7.32. The van der Waals surface area contributed by atoms with Crippen LogP contribution >= 0.6 is 0 Å². The fraction of sp³-hybridized carbons (Fsp3) is 0.625. The molecule has 2 aliphatic carbocycles. The lowest BCUT2D eigenvalue weighted by Crippen LogP contribution is -2.12. The van der Waals surface area contributed by atoms with Crippen LogP contribution in [0.2, 0.25) is 0 Å². The van der Waals surface area contributed by atoms with Crippen LogP contribution in [0.15, 0.2) is 12.1 Å². The summed E-state index contributed by atoms with van der Waals surface area (Å²) in [6.07, 6.45) is 7.13. The molecule has 3 heteroatoms. The lowest BCUT2D eigenvalue weighted by Gasteiger charge is -2.16. The van der Waals surface area contributed by atoms with Gasteiger partial charge in [-0.3, -0.25) is 0 Å². The van der Waals surface area contributed by atoms with Gasteiger partial charge in [-0.2, -0.15) is 0 Å². The first kappa shape index (κ1) is 12.8. The van der Waals surface area contributed by atoms with Crippen LogP contribution < -0.4 is 9.47 Å². The fourth-order valence-corrected chi connectivity index (χ4v) is 2.57. The van der Waals surface area contributed by atoms with Gasteiger partial charge in [0.1, 0.15) is 5.75 Å². The van der Waals surface area contributed by atoms with Gasteiger partial charge in [0.15, 0.2) is 11.6 Å². The van der Waals surface area contributed by atoms with Crippen molar-refractivity contribution in [3.05, 3.63) is 23.5 Å². The molecular formula is C16H21FO2. The number of benzene rings is 1. The average molecular weight is 264 g/mol. The molecule has 0 spiro atoms. The molecule has 0 saturated heterocycles. The lowest BCUT2D eigenvalue weighted by molar-refractivity contribution is 0.199. The van der Waals surface area contributed by atoms with E-state index in [0.29, 0.717) is 29.6 Å². The van der Waals surface area contributed by atoms with Crippen LogP contribution in [0.1, 0.15) is 44.1 Å². The molecule has 0 aromatic heterocycles. The van der Waals surface area contributed by atoms with E-state index in [9.17, 15) is 4.39 Å². The standard InChI is InChI=1S/C16H21FO2/c1-11-14(18-10-12-6-7-12)8-9-15(16(11)17)19-13-4-2-3-5-13/h8-9,12-13H,2-7,10H2,1H3. The van der Waals surface area contributed by atoms with Gasteiger partial charge in [-0.05, 0) is 63.5 Å². The lowest BCUT2D eigenvalue weighted by atomic mass is 10.2. The number of hydrogen-bond acceptors (Lipinski definition) is 2. The van der Waals surface area contributed by atoms with Gasteiger partial charge in [0.2, 0.25) is 0 Å². The highest BCUT2D eigenvalue weighted by molar-refractivity contribution is 5.41. The molecule has 0 heterocycles. The third-order valence-electron chi connectivity index (χ3n) is 4.07. The van der Waals surface area contributed by atoms with Crippen molar-refractivity contribution in [3.8, 4) is 11.5 Å². The maximum atomic E-state index is 14.3. The third-order valence-corrected chi connectivity index (χ3v) is 4.07. The minimum Gasteiger partial charge on any atom is -0.493 e. The van der Waals surface area contributed by atoms with E-state index in [1.54, 1.807) is 13.0 Å². The van der Waals surface area contributed by atoms with Crippen molar-refractivity contribution >= 4 is 0 Å². The van der Waals surface area contributed by atoms with E-state index in [0.717, 1.165) is 12.8 Å². The second kappa shape index (κ2) is 5.40. The number of rotatable bonds is 5. The van der Waals surface area contributed by atoms with Crippen LogP contribution in [0.25, 0.3) is 0 Å². The van der Waals surface area contributed by atoms with Crippen LogP contribution in [0, 0.1) is 18.7 Å². The summed E-state index contributed by atoms with van der Waals surface area (Å²) in [5.41, 5.74) is 0.566. The highest BCUT2D eigenvalue weighted by atomic mass is 19.1. The monoisotopic (exact) mass is 264 g/mol. The van der Waals surface area contributed by atoms with E-state index >= 15 is 0 Å². The van der Waals surface area contributed by atoms with Gasteiger partial charge in [0, 0.05) is 5.56 Å². The van der Waals surface area contributed by atoms with Crippen LogP contribution in [0.5, 0.6) is 11.5 Å². The fourth-order valence-electron chi connectivity index (χ4n) is 2.57. The topological polar surface area (TPSA) is 18.5 Å². The second-order valence-corrected chi connectivity index (χ2v) is 5.78. The molecule has 0 amide bonds. The summed E-state index contributed by atoms with van der Waals surface area (Å²) in [6, 6.07) is 3.55. The smallest absolute Gasteiger partial charge is 0.171 e. The molecule has 0 radical (unpaired) electrons. The molecule has 19 heavy (non-hydrogen) atoms. The third kappa shape index (κ3) is 3.02. The molecule has 0 aliphatic heterocycles. The second-order valence-electron chi connectivity index (χ2n) is 5.78. The van der Waals surface area contributed by atoms with Crippen molar-refractivity contribution in [2.45, 2.75) is 51.6 Å². The maximum Gasteiger partial charge on any atom is 0.171 e. The van der Waals surface area contributed by atoms with Crippen LogP contribution in [-0.2, 0) is 0 Å². The first-order chi connectivity index (χ1) is 9.24. The maximum absolute atomic E-state index is 14.3. The zero-order valence-corrected chi connectivity index (χ0v) is 11.5. The van der Waals surface area contributed by atoms with Gasteiger partial charge in [-0.1, -0.05) is 0 Å². The summed E-state index contributed by atoms with van der Waals surface area (Å²) < 4.78 is 25.7.